The van der Waals surface area contributed by atoms with Gasteiger partial charge in [-0.15, -0.1) is 0 Å². The molecule has 0 aliphatic carbocycles. The average Bonchev–Trinajstić information content (AvgIpc) is 2.43. The summed E-state index contributed by atoms with van der Waals surface area (Å²) in [6.45, 7) is 5.80. The Balaban J connectivity index is 2.57. The first-order valence-corrected chi connectivity index (χ1v) is 6.04. The van der Waals surface area contributed by atoms with Gasteiger partial charge in [-0.1, -0.05) is 17.7 Å². The van der Waals surface area contributed by atoms with Crippen molar-refractivity contribution < 1.29 is 9.59 Å². The van der Waals surface area contributed by atoms with Crippen molar-refractivity contribution in [2.45, 2.75) is 20.8 Å². The fourth-order valence-corrected chi connectivity index (χ4v) is 2.55. The van der Waals surface area contributed by atoms with E-state index in [1.54, 1.807) is 0 Å². The van der Waals surface area contributed by atoms with Gasteiger partial charge in [0.05, 0.1) is 10.2 Å². The Hall–Kier alpha value is -1.42. The SMILES string of the molecule is Cc1cc(C)c(N2C(=O)C=C(Br)C2=O)c(C)c1. The molecule has 0 radical (unpaired) electrons. The van der Waals surface area contributed by atoms with Gasteiger partial charge in [0.1, 0.15) is 0 Å². The molecule has 0 aromatic heterocycles. The van der Waals surface area contributed by atoms with E-state index < -0.39 is 0 Å². The molecule has 0 bridgehead atoms. The zero-order valence-corrected chi connectivity index (χ0v) is 11.5. The van der Waals surface area contributed by atoms with E-state index in [9.17, 15) is 9.59 Å². The number of rotatable bonds is 1. The molecule has 1 aliphatic heterocycles. The van der Waals surface area contributed by atoms with Crippen molar-refractivity contribution in [1.29, 1.82) is 0 Å². The van der Waals surface area contributed by atoms with Crippen LogP contribution in [-0.4, -0.2) is 11.8 Å². The first-order chi connectivity index (χ1) is 7.91. The highest BCUT2D eigenvalue weighted by Gasteiger charge is 2.32. The molecule has 4 heteroatoms. The van der Waals surface area contributed by atoms with E-state index in [4.69, 9.17) is 0 Å². The number of benzene rings is 1. The van der Waals surface area contributed by atoms with Gasteiger partial charge in [0.25, 0.3) is 11.8 Å². The van der Waals surface area contributed by atoms with Gasteiger partial charge in [-0.3, -0.25) is 9.59 Å². The van der Waals surface area contributed by atoms with Gasteiger partial charge in [-0.25, -0.2) is 4.90 Å². The van der Waals surface area contributed by atoms with Crippen LogP contribution < -0.4 is 4.90 Å². The van der Waals surface area contributed by atoms with Gasteiger partial charge in [0, 0.05) is 6.08 Å². The summed E-state index contributed by atoms with van der Waals surface area (Å²) in [4.78, 5) is 24.9. The lowest BCUT2D eigenvalue weighted by atomic mass is 10.0. The molecule has 2 rings (SSSR count). The van der Waals surface area contributed by atoms with E-state index in [0.717, 1.165) is 16.7 Å². The third-order valence-corrected chi connectivity index (χ3v) is 3.31. The van der Waals surface area contributed by atoms with E-state index in [0.29, 0.717) is 10.2 Å². The second-order valence-corrected chi connectivity index (χ2v) is 5.07. The monoisotopic (exact) mass is 293 g/mol. The molecule has 0 saturated carbocycles. The summed E-state index contributed by atoms with van der Waals surface area (Å²) in [6.07, 6.45) is 1.31. The lowest BCUT2D eigenvalue weighted by molar-refractivity contribution is -0.120. The number of hydrogen-bond acceptors (Lipinski definition) is 2. The fraction of sp³-hybridized carbons (Fsp3) is 0.231. The van der Waals surface area contributed by atoms with Crippen LogP contribution in [0, 0.1) is 20.8 Å². The van der Waals surface area contributed by atoms with Crippen molar-refractivity contribution in [2.24, 2.45) is 0 Å². The Labute approximate surface area is 108 Å². The van der Waals surface area contributed by atoms with Crippen LogP contribution in [0.4, 0.5) is 5.69 Å². The van der Waals surface area contributed by atoms with Crippen LogP contribution in [0.25, 0.3) is 0 Å². The zero-order chi connectivity index (χ0) is 12.7. The number of halogens is 1. The molecule has 0 spiro atoms. The maximum atomic E-state index is 11.9. The van der Waals surface area contributed by atoms with Gasteiger partial charge in [-0.05, 0) is 47.8 Å². The van der Waals surface area contributed by atoms with E-state index in [1.165, 1.54) is 11.0 Å². The highest BCUT2D eigenvalue weighted by Crippen LogP contribution is 2.31. The highest BCUT2D eigenvalue weighted by molar-refractivity contribution is 9.12. The largest absolute Gasteiger partial charge is 0.272 e. The minimum Gasteiger partial charge on any atom is -0.269 e. The summed E-state index contributed by atoms with van der Waals surface area (Å²) >= 11 is 3.09. The lowest BCUT2D eigenvalue weighted by Gasteiger charge is -2.20. The standard InChI is InChI=1S/C13H12BrNO2/c1-7-4-8(2)12(9(3)5-7)15-11(16)6-10(14)13(15)17/h4-6H,1-3H3. The van der Waals surface area contributed by atoms with Crippen LogP contribution in [0.15, 0.2) is 22.7 Å². The predicted molar refractivity (Wildman–Crippen MR) is 70.2 cm³/mol. The van der Waals surface area contributed by atoms with Gasteiger partial charge in [0.2, 0.25) is 0 Å². The first-order valence-electron chi connectivity index (χ1n) is 5.25. The Morgan fingerprint density at radius 2 is 1.59 bits per heavy atom. The molecule has 0 N–H and O–H groups in total. The summed E-state index contributed by atoms with van der Waals surface area (Å²) in [6, 6.07) is 3.93. The van der Waals surface area contributed by atoms with Crippen molar-refractivity contribution in [1.82, 2.24) is 0 Å². The van der Waals surface area contributed by atoms with Crippen LogP contribution >= 0.6 is 15.9 Å². The molecule has 17 heavy (non-hydrogen) atoms. The van der Waals surface area contributed by atoms with Gasteiger partial charge in [0.15, 0.2) is 0 Å². The van der Waals surface area contributed by atoms with Crippen LogP contribution in [-0.2, 0) is 9.59 Å². The average molecular weight is 294 g/mol. The van der Waals surface area contributed by atoms with Crippen LogP contribution in [0.2, 0.25) is 0 Å². The Morgan fingerprint density at radius 3 is 2.00 bits per heavy atom. The third-order valence-electron chi connectivity index (χ3n) is 2.74. The second kappa shape index (κ2) is 4.11. The van der Waals surface area contributed by atoms with Crippen molar-refractivity contribution in [3.8, 4) is 0 Å². The number of carbonyl (C=O) groups is 2. The molecule has 1 heterocycles. The Kier molecular flexibility index (Phi) is 2.91. The number of aryl methyl sites for hydroxylation is 3. The molecule has 0 fully saturated rings. The quantitative estimate of drug-likeness (QED) is 0.747. The number of hydrogen-bond donors (Lipinski definition) is 0. The van der Waals surface area contributed by atoms with Crippen LogP contribution in [0.3, 0.4) is 0 Å². The van der Waals surface area contributed by atoms with Crippen LogP contribution in [0.5, 0.6) is 0 Å². The summed E-state index contributed by atoms with van der Waals surface area (Å²) in [7, 11) is 0. The minimum atomic E-state index is -0.301. The molecule has 0 saturated heterocycles. The second-order valence-electron chi connectivity index (χ2n) is 4.22. The molecule has 0 unspecified atom stereocenters. The molecular formula is C13H12BrNO2. The van der Waals surface area contributed by atoms with E-state index >= 15 is 0 Å². The van der Waals surface area contributed by atoms with Crippen molar-refractivity contribution >= 4 is 33.4 Å². The highest BCUT2D eigenvalue weighted by atomic mass is 79.9. The third kappa shape index (κ3) is 1.93. The minimum absolute atomic E-state index is 0.295. The number of amides is 2. The number of anilines is 1. The number of carbonyl (C=O) groups excluding carboxylic acids is 2. The summed E-state index contributed by atoms with van der Waals surface area (Å²) in [5.74, 6) is -0.595. The predicted octanol–water partition coefficient (Wildman–Crippen LogP) is 2.76. The maximum absolute atomic E-state index is 11.9. The topological polar surface area (TPSA) is 37.4 Å². The van der Waals surface area contributed by atoms with E-state index in [2.05, 4.69) is 15.9 Å². The fourth-order valence-electron chi connectivity index (χ4n) is 2.18. The smallest absolute Gasteiger partial charge is 0.269 e. The molecule has 1 aliphatic rings. The molecule has 2 amide bonds. The van der Waals surface area contributed by atoms with Gasteiger partial charge in [-0.2, -0.15) is 0 Å². The van der Waals surface area contributed by atoms with Gasteiger partial charge < -0.3 is 0 Å². The Morgan fingerprint density at radius 1 is 1.06 bits per heavy atom. The molecule has 3 nitrogen and oxygen atoms in total. The maximum Gasteiger partial charge on any atom is 0.272 e. The van der Waals surface area contributed by atoms with E-state index in [-0.39, 0.29) is 11.8 Å². The van der Waals surface area contributed by atoms with Crippen molar-refractivity contribution in [3.63, 3.8) is 0 Å². The van der Waals surface area contributed by atoms with Crippen LogP contribution in [0.1, 0.15) is 16.7 Å². The number of nitrogens with zero attached hydrogens (tertiary/aromatic N) is 1. The first kappa shape index (κ1) is 12.0. The molecular weight excluding hydrogens is 282 g/mol. The number of imide groups is 1. The Bertz CT molecular complexity index is 538. The molecule has 88 valence electrons. The molecule has 1 aromatic rings. The zero-order valence-electron chi connectivity index (χ0n) is 9.87. The lowest BCUT2D eigenvalue weighted by Crippen LogP contribution is -2.31. The van der Waals surface area contributed by atoms with E-state index in [1.807, 2.05) is 32.9 Å². The summed E-state index contributed by atoms with van der Waals surface area (Å²) < 4.78 is 0.307. The van der Waals surface area contributed by atoms with Crippen molar-refractivity contribution in [2.75, 3.05) is 4.90 Å². The van der Waals surface area contributed by atoms with Crippen molar-refractivity contribution in [3.05, 3.63) is 39.4 Å². The normalized spacial score (nSPS) is 15.5. The van der Waals surface area contributed by atoms with Gasteiger partial charge >= 0.3 is 0 Å². The summed E-state index contributed by atoms with van der Waals surface area (Å²) in [5.41, 5.74) is 3.67. The molecule has 1 aromatic carbocycles. The summed E-state index contributed by atoms with van der Waals surface area (Å²) in [5, 5.41) is 0. The molecule has 0 atom stereocenters.